The quantitative estimate of drug-likeness (QED) is 0.671. The van der Waals surface area contributed by atoms with Crippen LogP contribution < -0.4 is 0 Å². The van der Waals surface area contributed by atoms with Gasteiger partial charge in [-0.3, -0.25) is 4.79 Å². The molecule has 1 saturated heterocycles. The monoisotopic (exact) mass is 421 g/mol. The van der Waals surface area contributed by atoms with E-state index in [0.717, 1.165) is 62.2 Å². The second-order valence-corrected chi connectivity index (χ2v) is 8.15. The number of rotatable bonds is 7. The van der Waals surface area contributed by atoms with Crippen LogP contribution in [0.1, 0.15) is 49.1 Å². The zero-order valence-electron chi connectivity index (χ0n) is 16.8. The minimum absolute atomic E-state index is 0.0624. The third-order valence-electron chi connectivity index (χ3n) is 5.98. The Morgan fingerprint density at radius 2 is 1.93 bits per heavy atom. The van der Waals surface area contributed by atoms with E-state index in [-0.39, 0.29) is 17.9 Å². The van der Waals surface area contributed by atoms with Crippen molar-refractivity contribution in [2.75, 3.05) is 13.2 Å². The van der Waals surface area contributed by atoms with Crippen molar-refractivity contribution in [1.82, 2.24) is 14.5 Å². The zero-order valence-corrected chi connectivity index (χ0v) is 16.8. The first kappa shape index (κ1) is 20.9. The van der Waals surface area contributed by atoms with Crippen molar-refractivity contribution in [1.29, 1.82) is 0 Å². The first-order valence-corrected chi connectivity index (χ1v) is 10.5. The van der Waals surface area contributed by atoms with E-state index in [1.807, 2.05) is 9.47 Å². The van der Waals surface area contributed by atoms with E-state index >= 15 is 0 Å². The van der Waals surface area contributed by atoms with Crippen molar-refractivity contribution in [2.45, 2.75) is 57.5 Å². The number of carbonyl (C=O) groups excluding carboxylic acids is 1. The van der Waals surface area contributed by atoms with E-state index in [2.05, 4.69) is 4.98 Å². The molecule has 0 spiro atoms. The van der Waals surface area contributed by atoms with Crippen LogP contribution in [-0.2, 0) is 28.8 Å². The van der Waals surface area contributed by atoms with Gasteiger partial charge in [0.05, 0.1) is 18.2 Å². The fourth-order valence-corrected chi connectivity index (χ4v) is 3.98. The molecule has 1 aromatic carbocycles. The predicted molar refractivity (Wildman–Crippen MR) is 105 cm³/mol. The molecule has 0 unspecified atom stereocenters. The standard InChI is InChI=1S/C22H26F3N3O2/c23-22(24,25)18-8-6-16(7-9-18)13-27-11-10-26-20(27)15-28(14-19-5-2-12-30-19)21(29)17-3-1-4-17/h6-11,17,19H,1-5,12-15H2/t19-/m0/s1. The summed E-state index contributed by atoms with van der Waals surface area (Å²) in [6.07, 6.45) is 4.10. The van der Waals surface area contributed by atoms with Gasteiger partial charge in [0.25, 0.3) is 0 Å². The molecule has 0 radical (unpaired) electrons. The lowest BCUT2D eigenvalue weighted by molar-refractivity contribution is -0.140. The Morgan fingerprint density at radius 1 is 1.17 bits per heavy atom. The van der Waals surface area contributed by atoms with Gasteiger partial charge in [-0.1, -0.05) is 18.6 Å². The highest BCUT2D eigenvalue weighted by Crippen LogP contribution is 2.30. The summed E-state index contributed by atoms with van der Waals surface area (Å²) in [7, 11) is 0. The SMILES string of the molecule is O=C(C1CCC1)N(Cc1nccn1Cc1ccc(C(F)(F)F)cc1)C[C@@H]1CCCO1. The van der Waals surface area contributed by atoms with Gasteiger partial charge in [-0.25, -0.2) is 4.98 Å². The van der Waals surface area contributed by atoms with E-state index < -0.39 is 11.7 Å². The summed E-state index contributed by atoms with van der Waals surface area (Å²) in [5, 5.41) is 0. The van der Waals surface area contributed by atoms with Gasteiger partial charge >= 0.3 is 6.18 Å². The molecule has 0 N–H and O–H groups in total. The highest BCUT2D eigenvalue weighted by molar-refractivity contribution is 5.79. The number of imidazole rings is 1. The molecule has 1 saturated carbocycles. The molecule has 1 aromatic heterocycles. The van der Waals surface area contributed by atoms with Gasteiger partial charge in [0.15, 0.2) is 0 Å². The molecule has 0 bridgehead atoms. The van der Waals surface area contributed by atoms with Crippen LogP contribution in [0.4, 0.5) is 13.2 Å². The van der Waals surface area contributed by atoms with Crippen LogP contribution in [0.15, 0.2) is 36.7 Å². The summed E-state index contributed by atoms with van der Waals surface area (Å²) in [5.74, 6) is 0.964. The number of amides is 1. The van der Waals surface area contributed by atoms with Crippen LogP contribution >= 0.6 is 0 Å². The number of benzene rings is 1. The molecular formula is C22H26F3N3O2. The summed E-state index contributed by atoms with van der Waals surface area (Å²) in [4.78, 5) is 19.2. The van der Waals surface area contributed by atoms with Gasteiger partial charge in [0.1, 0.15) is 5.82 Å². The lowest BCUT2D eigenvalue weighted by Crippen LogP contribution is -2.42. The Hall–Kier alpha value is -2.35. The summed E-state index contributed by atoms with van der Waals surface area (Å²) >= 11 is 0. The molecule has 4 rings (SSSR count). The van der Waals surface area contributed by atoms with Gasteiger partial charge in [0.2, 0.25) is 5.91 Å². The lowest BCUT2D eigenvalue weighted by atomic mass is 9.84. The van der Waals surface area contributed by atoms with Crippen LogP contribution in [0.2, 0.25) is 0 Å². The Kier molecular flexibility index (Phi) is 6.13. The summed E-state index contributed by atoms with van der Waals surface area (Å²) in [5.41, 5.74) is 0.0872. The molecule has 8 heteroatoms. The van der Waals surface area contributed by atoms with E-state index in [4.69, 9.17) is 4.74 Å². The number of halogens is 3. The summed E-state index contributed by atoms with van der Waals surface area (Å²) in [6.45, 7) is 2.07. The van der Waals surface area contributed by atoms with Crippen molar-refractivity contribution in [2.24, 2.45) is 5.92 Å². The zero-order chi connectivity index (χ0) is 21.1. The van der Waals surface area contributed by atoms with Crippen LogP contribution in [0, 0.1) is 5.92 Å². The number of aromatic nitrogens is 2. The van der Waals surface area contributed by atoms with E-state index in [1.165, 1.54) is 12.1 Å². The highest BCUT2D eigenvalue weighted by Gasteiger charge is 2.32. The maximum Gasteiger partial charge on any atom is 0.416 e. The van der Waals surface area contributed by atoms with E-state index in [0.29, 0.717) is 19.6 Å². The minimum Gasteiger partial charge on any atom is -0.376 e. The minimum atomic E-state index is -4.34. The molecule has 1 amide bonds. The first-order chi connectivity index (χ1) is 14.4. The third-order valence-corrected chi connectivity index (χ3v) is 5.98. The van der Waals surface area contributed by atoms with Gasteiger partial charge in [-0.2, -0.15) is 13.2 Å². The molecule has 1 atom stereocenters. The van der Waals surface area contributed by atoms with Crippen molar-refractivity contribution in [3.8, 4) is 0 Å². The van der Waals surface area contributed by atoms with Gasteiger partial charge in [0, 0.05) is 38.0 Å². The molecular weight excluding hydrogens is 395 g/mol. The Bertz CT molecular complexity index is 853. The molecule has 2 aromatic rings. The maximum absolute atomic E-state index is 13.0. The second-order valence-electron chi connectivity index (χ2n) is 8.15. The number of hydrogen-bond donors (Lipinski definition) is 0. The Balaban J connectivity index is 1.46. The van der Waals surface area contributed by atoms with E-state index in [9.17, 15) is 18.0 Å². The Labute approximate surface area is 173 Å². The van der Waals surface area contributed by atoms with Crippen LogP contribution in [-0.4, -0.2) is 39.6 Å². The lowest BCUT2D eigenvalue weighted by Gasteiger charge is -2.33. The highest BCUT2D eigenvalue weighted by atomic mass is 19.4. The molecule has 5 nitrogen and oxygen atoms in total. The van der Waals surface area contributed by atoms with E-state index in [1.54, 1.807) is 12.4 Å². The van der Waals surface area contributed by atoms with Crippen LogP contribution in [0.5, 0.6) is 0 Å². The fourth-order valence-electron chi connectivity index (χ4n) is 3.98. The normalized spacial score (nSPS) is 19.6. The van der Waals surface area contributed by atoms with Gasteiger partial charge in [-0.05, 0) is 43.4 Å². The first-order valence-electron chi connectivity index (χ1n) is 10.5. The number of hydrogen-bond acceptors (Lipinski definition) is 3. The van der Waals surface area contributed by atoms with Gasteiger partial charge in [-0.15, -0.1) is 0 Å². The molecule has 1 aliphatic heterocycles. The molecule has 2 aliphatic rings. The second kappa shape index (κ2) is 8.79. The molecule has 1 aliphatic carbocycles. The molecule has 162 valence electrons. The van der Waals surface area contributed by atoms with Crippen molar-refractivity contribution in [3.63, 3.8) is 0 Å². The fraction of sp³-hybridized carbons (Fsp3) is 0.545. The van der Waals surface area contributed by atoms with Crippen LogP contribution in [0.25, 0.3) is 0 Å². The van der Waals surface area contributed by atoms with Crippen LogP contribution in [0.3, 0.4) is 0 Å². The average molecular weight is 421 g/mol. The topological polar surface area (TPSA) is 47.4 Å². The Morgan fingerprint density at radius 3 is 2.53 bits per heavy atom. The average Bonchev–Trinajstić information content (AvgIpc) is 3.32. The van der Waals surface area contributed by atoms with Crippen molar-refractivity contribution in [3.05, 3.63) is 53.6 Å². The number of carbonyl (C=O) groups is 1. The molecule has 2 fully saturated rings. The smallest absolute Gasteiger partial charge is 0.376 e. The van der Waals surface area contributed by atoms with Crippen molar-refractivity contribution >= 4 is 5.91 Å². The predicted octanol–water partition coefficient (Wildman–Crippen LogP) is 4.26. The maximum atomic E-state index is 13.0. The molecule has 30 heavy (non-hydrogen) atoms. The number of nitrogens with zero attached hydrogens (tertiary/aromatic N) is 3. The number of ether oxygens (including phenoxy) is 1. The summed E-state index contributed by atoms with van der Waals surface area (Å²) in [6, 6.07) is 5.15. The van der Waals surface area contributed by atoms with Crippen molar-refractivity contribution < 1.29 is 22.7 Å². The number of alkyl halides is 3. The third kappa shape index (κ3) is 4.86. The largest absolute Gasteiger partial charge is 0.416 e. The van der Waals surface area contributed by atoms with Gasteiger partial charge < -0.3 is 14.2 Å². The molecule has 2 heterocycles. The summed E-state index contributed by atoms with van der Waals surface area (Å²) < 4.78 is 46.0.